The third-order valence-electron chi connectivity index (χ3n) is 4.10. The first-order chi connectivity index (χ1) is 13.9. The molecule has 0 spiro atoms. The number of ether oxygens (including phenoxy) is 4. The Kier molecular flexibility index (Phi) is 8.62. The third-order valence-corrected chi connectivity index (χ3v) is 5.28. The number of carbonyl (C=O) groups excluding carboxylic acids is 1. The smallest absolute Gasteiger partial charge is 0.232 e. The van der Waals surface area contributed by atoms with Crippen molar-refractivity contribution >= 4 is 16.7 Å². The van der Waals surface area contributed by atoms with Gasteiger partial charge in [0, 0.05) is 30.6 Å². The van der Waals surface area contributed by atoms with Gasteiger partial charge in [0.15, 0.2) is 17.8 Å². The lowest BCUT2D eigenvalue weighted by molar-refractivity contribution is -0.125. The number of methoxy groups -OCH3 is 4. The first-order valence-electron chi connectivity index (χ1n) is 8.77. The number of amides is 1. The van der Waals surface area contributed by atoms with E-state index in [1.807, 2.05) is 0 Å². The fourth-order valence-electron chi connectivity index (χ4n) is 2.52. The minimum Gasteiger partial charge on any atom is -0.493 e. The van der Waals surface area contributed by atoms with Gasteiger partial charge in [0.25, 0.3) is 0 Å². The molecule has 1 aromatic carbocycles. The highest BCUT2D eigenvalue weighted by Crippen LogP contribution is 2.32. The predicted molar refractivity (Wildman–Crippen MR) is 107 cm³/mol. The number of aryl methyl sites for hydroxylation is 1. The summed E-state index contributed by atoms with van der Waals surface area (Å²) in [6, 6.07) is 5.30. The number of benzene rings is 1. The standard InChI is InChI=1S/C19H26N2O7S/c1-12-14(10-29(23)11-17(22)20-9-18(26-4)27-5)21-19(28-12)13-6-7-15(24-2)16(8-13)25-3/h6-8,18H,9-11H2,1-5H3,(H,20,22)/t29-/m1/s1. The molecule has 1 aromatic heterocycles. The maximum Gasteiger partial charge on any atom is 0.232 e. The zero-order chi connectivity index (χ0) is 21.4. The number of nitrogens with zero attached hydrogens (tertiary/aromatic N) is 1. The van der Waals surface area contributed by atoms with Crippen LogP contribution >= 0.6 is 0 Å². The molecule has 0 aliphatic rings. The number of nitrogens with one attached hydrogen (secondary N) is 1. The summed E-state index contributed by atoms with van der Waals surface area (Å²) in [5.74, 6) is 1.66. The van der Waals surface area contributed by atoms with Crippen molar-refractivity contribution < 1.29 is 32.4 Å². The number of hydrogen-bond acceptors (Lipinski definition) is 8. The Hall–Kier alpha value is -2.43. The molecule has 1 amide bonds. The molecule has 0 fully saturated rings. The first kappa shape index (κ1) is 22.9. The number of rotatable bonds is 11. The van der Waals surface area contributed by atoms with Crippen LogP contribution < -0.4 is 14.8 Å². The zero-order valence-corrected chi connectivity index (χ0v) is 18.0. The highest BCUT2D eigenvalue weighted by Gasteiger charge is 2.18. The molecule has 0 radical (unpaired) electrons. The second kappa shape index (κ2) is 10.9. The summed E-state index contributed by atoms with van der Waals surface area (Å²) in [6.07, 6.45) is -0.547. The maximum atomic E-state index is 12.4. The predicted octanol–water partition coefficient (Wildman–Crippen LogP) is 1.65. The largest absolute Gasteiger partial charge is 0.493 e. The molecule has 9 nitrogen and oxygen atoms in total. The van der Waals surface area contributed by atoms with Crippen molar-refractivity contribution in [2.24, 2.45) is 0 Å². The monoisotopic (exact) mass is 426 g/mol. The molecule has 2 aromatic rings. The zero-order valence-electron chi connectivity index (χ0n) is 17.1. The molecule has 0 saturated heterocycles. The number of carbonyl (C=O) groups is 1. The Labute approximate surface area is 172 Å². The molecular formula is C19H26N2O7S. The maximum absolute atomic E-state index is 12.4. The molecule has 0 saturated carbocycles. The molecule has 10 heteroatoms. The van der Waals surface area contributed by atoms with Crippen LogP contribution in [0.1, 0.15) is 11.5 Å². The summed E-state index contributed by atoms with van der Waals surface area (Å²) in [4.78, 5) is 16.4. The molecule has 0 aliphatic heterocycles. The van der Waals surface area contributed by atoms with Crippen LogP contribution in [0.4, 0.5) is 0 Å². The van der Waals surface area contributed by atoms with E-state index in [4.69, 9.17) is 23.4 Å². The van der Waals surface area contributed by atoms with Crippen molar-refractivity contribution in [3.8, 4) is 23.0 Å². The lowest BCUT2D eigenvalue weighted by Gasteiger charge is -2.13. The van der Waals surface area contributed by atoms with Crippen molar-refractivity contribution in [1.29, 1.82) is 0 Å². The van der Waals surface area contributed by atoms with E-state index in [1.54, 1.807) is 39.3 Å². The van der Waals surface area contributed by atoms with E-state index >= 15 is 0 Å². The molecule has 2 rings (SSSR count). The summed E-state index contributed by atoms with van der Waals surface area (Å²) in [6.45, 7) is 1.92. The number of oxazole rings is 1. The van der Waals surface area contributed by atoms with Gasteiger partial charge in [-0.3, -0.25) is 9.00 Å². The van der Waals surface area contributed by atoms with Crippen LogP contribution in [0.5, 0.6) is 11.5 Å². The Morgan fingerprint density at radius 1 is 1.17 bits per heavy atom. The fourth-order valence-corrected chi connectivity index (χ4v) is 3.58. The van der Waals surface area contributed by atoms with Gasteiger partial charge in [-0.05, 0) is 25.1 Å². The molecule has 0 aliphatic carbocycles. The van der Waals surface area contributed by atoms with Gasteiger partial charge < -0.3 is 28.7 Å². The Bertz CT molecular complexity index is 849. The Balaban J connectivity index is 2.01. The summed E-state index contributed by atoms with van der Waals surface area (Å²) in [5.41, 5.74) is 1.23. The van der Waals surface area contributed by atoms with Gasteiger partial charge in [-0.2, -0.15) is 0 Å². The van der Waals surface area contributed by atoms with Crippen molar-refractivity contribution in [3.05, 3.63) is 29.7 Å². The second-order valence-electron chi connectivity index (χ2n) is 6.03. The quantitative estimate of drug-likeness (QED) is 0.540. The molecule has 160 valence electrons. The van der Waals surface area contributed by atoms with E-state index < -0.39 is 17.1 Å². The van der Waals surface area contributed by atoms with Gasteiger partial charge in [-0.1, -0.05) is 0 Å². The van der Waals surface area contributed by atoms with E-state index in [0.717, 1.165) is 0 Å². The highest BCUT2D eigenvalue weighted by molar-refractivity contribution is 7.84. The molecule has 1 N–H and O–H groups in total. The van der Waals surface area contributed by atoms with Crippen LogP contribution in [-0.4, -0.2) is 62.1 Å². The average Bonchev–Trinajstić information content (AvgIpc) is 3.08. The van der Waals surface area contributed by atoms with Crippen LogP contribution in [0, 0.1) is 6.92 Å². The SMILES string of the molecule is COc1ccc(-c2nc(C[S@@](=O)CC(=O)NCC(OC)OC)c(C)o2)cc1OC. The summed E-state index contributed by atoms with van der Waals surface area (Å²) in [7, 11) is 4.60. The third kappa shape index (κ3) is 6.28. The minimum absolute atomic E-state index is 0.105. The van der Waals surface area contributed by atoms with E-state index in [0.29, 0.717) is 34.4 Å². The fraction of sp³-hybridized carbons (Fsp3) is 0.474. The normalized spacial score (nSPS) is 12.1. The van der Waals surface area contributed by atoms with Gasteiger partial charge in [-0.25, -0.2) is 4.98 Å². The molecule has 1 heterocycles. The van der Waals surface area contributed by atoms with Gasteiger partial charge in [0.1, 0.15) is 11.5 Å². The van der Waals surface area contributed by atoms with E-state index in [9.17, 15) is 9.00 Å². The average molecular weight is 426 g/mol. The molecular weight excluding hydrogens is 400 g/mol. The number of aromatic nitrogens is 1. The second-order valence-corrected chi connectivity index (χ2v) is 7.48. The summed E-state index contributed by atoms with van der Waals surface area (Å²) in [5, 5.41) is 2.62. The summed E-state index contributed by atoms with van der Waals surface area (Å²) < 4.78 is 38.6. The first-order valence-corrected chi connectivity index (χ1v) is 10.3. The topological polar surface area (TPSA) is 109 Å². The van der Waals surface area contributed by atoms with E-state index in [2.05, 4.69) is 10.3 Å². The highest BCUT2D eigenvalue weighted by atomic mass is 32.2. The molecule has 1 atom stereocenters. The van der Waals surface area contributed by atoms with Crippen molar-refractivity contribution in [1.82, 2.24) is 10.3 Å². The number of hydrogen-bond donors (Lipinski definition) is 1. The van der Waals surface area contributed by atoms with Crippen LogP contribution in [0.3, 0.4) is 0 Å². The van der Waals surface area contributed by atoms with Gasteiger partial charge in [0.2, 0.25) is 11.8 Å². The van der Waals surface area contributed by atoms with Crippen molar-refractivity contribution in [2.75, 3.05) is 40.7 Å². The molecule has 0 bridgehead atoms. The van der Waals surface area contributed by atoms with Gasteiger partial charge in [0.05, 0.1) is 32.2 Å². The lowest BCUT2D eigenvalue weighted by Crippen LogP contribution is -2.36. The Morgan fingerprint density at radius 2 is 1.86 bits per heavy atom. The van der Waals surface area contributed by atoms with E-state index in [1.165, 1.54) is 14.2 Å². The molecule has 0 unspecified atom stereocenters. The molecule has 29 heavy (non-hydrogen) atoms. The van der Waals surface area contributed by atoms with Gasteiger partial charge in [-0.15, -0.1) is 0 Å². The van der Waals surface area contributed by atoms with Crippen LogP contribution in [0.2, 0.25) is 0 Å². The van der Waals surface area contributed by atoms with E-state index in [-0.39, 0.29) is 24.0 Å². The van der Waals surface area contributed by atoms with Gasteiger partial charge >= 0.3 is 0 Å². The van der Waals surface area contributed by atoms with Crippen LogP contribution in [-0.2, 0) is 30.8 Å². The van der Waals surface area contributed by atoms with Crippen LogP contribution in [0.25, 0.3) is 11.5 Å². The van der Waals surface area contributed by atoms with Crippen molar-refractivity contribution in [2.45, 2.75) is 19.0 Å². The van der Waals surface area contributed by atoms with Crippen molar-refractivity contribution in [3.63, 3.8) is 0 Å². The van der Waals surface area contributed by atoms with Crippen LogP contribution in [0.15, 0.2) is 22.6 Å². The lowest BCUT2D eigenvalue weighted by atomic mass is 10.2. The minimum atomic E-state index is -1.44. The summed E-state index contributed by atoms with van der Waals surface area (Å²) >= 11 is 0. The Morgan fingerprint density at radius 3 is 2.48 bits per heavy atom.